The van der Waals surface area contributed by atoms with Crippen LogP contribution in [-0.2, 0) is 9.53 Å². The van der Waals surface area contributed by atoms with Crippen molar-refractivity contribution in [3.63, 3.8) is 0 Å². The van der Waals surface area contributed by atoms with E-state index in [0.717, 1.165) is 5.69 Å². The van der Waals surface area contributed by atoms with Gasteiger partial charge in [-0.1, -0.05) is 13.8 Å². The molecule has 106 valence electrons. The van der Waals surface area contributed by atoms with Crippen LogP contribution in [0.3, 0.4) is 0 Å². The van der Waals surface area contributed by atoms with Crippen molar-refractivity contribution in [3.05, 3.63) is 18.2 Å². The Morgan fingerprint density at radius 1 is 1.37 bits per heavy atom. The minimum atomic E-state index is -0.415. The molecule has 0 bridgehead atoms. The molecule has 0 amide bonds. The van der Waals surface area contributed by atoms with Crippen LogP contribution in [0.4, 0.5) is 11.4 Å². The van der Waals surface area contributed by atoms with Crippen LogP contribution in [0.5, 0.6) is 5.75 Å². The van der Waals surface area contributed by atoms with Crippen LogP contribution in [0.1, 0.15) is 20.8 Å². The fourth-order valence-corrected chi connectivity index (χ4v) is 1.76. The second-order valence-corrected chi connectivity index (χ2v) is 4.61. The van der Waals surface area contributed by atoms with Crippen LogP contribution in [0.25, 0.3) is 0 Å². The van der Waals surface area contributed by atoms with Crippen molar-refractivity contribution in [2.45, 2.75) is 26.8 Å². The lowest BCUT2D eigenvalue weighted by molar-refractivity contribution is -0.142. The average Bonchev–Trinajstić information content (AvgIpc) is 2.34. The van der Waals surface area contributed by atoms with Gasteiger partial charge in [0.25, 0.3) is 0 Å². The number of ether oxygens (including phenoxy) is 2. The zero-order valence-electron chi connectivity index (χ0n) is 11.9. The summed E-state index contributed by atoms with van der Waals surface area (Å²) in [6.07, 6.45) is 0. The molecule has 0 aliphatic heterocycles. The number of benzene rings is 1. The predicted octanol–water partition coefficient (Wildman–Crippen LogP) is 2.28. The first-order chi connectivity index (χ1) is 8.97. The van der Waals surface area contributed by atoms with Crippen molar-refractivity contribution in [1.29, 1.82) is 0 Å². The van der Waals surface area contributed by atoms with Crippen molar-refractivity contribution in [3.8, 4) is 5.75 Å². The molecule has 0 heterocycles. The molecule has 19 heavy (non-hydrogen) atoms. The summed E-state index contributed by atoms with van der Waals surface area (Å²) < 4.78 is 10.2. The molecule has 1 aromatic rings. The number of nitrogens with one attached hydrogen (secondary N) is 1. The number of nitrogens with two attached hydrogens (primary N) is 1. The zero-order chi connectivity index (χ0) is 14.4. The normalized spacial score (nSPS) is 12.1. The van der Waals surface area contributed by atoms with Gasteiger partial charge in [-0.2, -0.15) is 0 Å². The highest BCUT2D eigenvalue weighted by atomic mass is 16.5. The van der Waals surface area contributed by atoms with Gasteiger partial charge in [0.2, 0.25) is 0 Å². The number of methoxy groups -OCH3 is 1. The third-order valence-electron chi connectivity index (χ3n) is 2.68. The van der Waals surface area contributed by atoms with Gasteiger partial charge in [0.1, 0.15) is 11.8 Å². The Hall–Kier alpha value is -1.91. The highest BCUT2D eigenvalue weighted by Gasteiger charge is 2.22. The highest BCUT2D eigenvalue weighted by molar-refractivity contribution is 5.80. The number of anilines is 2. The molecular formula is C14H22N2O3. The molecule has 5 nitrogen and oxygen atoms in total. The van der Waals surface area contributed by atoms with Gasteiger partial charge in [0.15, 0.2) is 0 Å². The van der Waals surface area contributed by atoms with E-state index < -0.39 is 6.04 Å². The first-order valence-electron chi connectivity index (χ1n) is 6.35. The zero-order valence-corrected chi connectivity index (χ0v) is 11.9. The predicted molar refractivity (Wildman–Crippen MR) is 76.3 cm³/mol. The number of carbonyl (C=O) groups excluding carboxylic acids is 1. The lowest BCUT2D eigenvalue weighted by Crippen LogP contribution is -2.35. The first kappa shape index (κ1) is 15.1. The molecule has 1 unspecified atom stereocenters. The Balaban J connectivity index is 2.92. The molecule has 0 radical (unpaired) electrons. The molecule has 0 aromatic heterocycles. The van der Waals surface area contributed by atoms with Gasteiger partial charge in [0, 0.05) is 23.5 Å². The van der Waals surface area contributed by atoms with Gasteiger partial charge in [-0.3, -0.25) is 0 Å². The van der Waals surface area contributed by atoms with Gasteiger partial charge in [0.05, 0.1) is 13.7 Å². The summed E-state index contributed by atoms with van der Waals surface area (Å²) in [5.74, 6) is 0.484. The summed E-state index contributed by atoms with van der Waals surface area (Å²) >= 11 is 0. The monoisotopic (exact) mass is 266 g/mol. The van der Waals surface area contributed by atoms with Gasteiger partial charge < -0.3 is 20.5 Å². The second kappa shape index (κ2) is 6.87. The van der Waals surface area contributed by atoms with E-state index in [2.05, 4.69) is 5.32 Å². The van der Waals surface area contributed by atoms with E-state index >= 15 is 0 Å². The average molecular weight is 266 g/mol. The largest absolute Gasteiger partial charge is 0.494 e. The van der Waals surface area contributed by atoms with E-state index in [0.29, 0.717) is 18.0 Å². The fourth-order valence-electron chi connectivity index (χ4n) is 1.76. The number of hydrogen-bond donors (Lipinski definition) is 2. The second-order valence-electron chi connectivity index (χ2n) is 4.61. The molecule has 5 heteroatoms. The maximum absolute atomic E-state index is 11.7. The Kier molecular flexibility index (Phi) is 5.48. The standard InChI is InChI=1S/C14H22N2O3/c1-5-19-12-7-10(15)6-11(8-12)16-13(9(2)3)14(17)18-4/h6-9,13,16H,5,15H2,1-4H3. The summed E-state index contributed by atoms with van der Waals surface area (Å²) in [6.45, 7) is 6.36. The molecule has 1 atom stereocenters. The van der Waals surface area contributed by atoms with E-state index in [1.165, 1.54) is 7.11 Å². The Bertz CT molecular complexity index is 433. The quantitative estimate of drug-likeness (QED) is 0.610. The Labute approximate surface area is 114 Å². The summed E-state index contributed by atoms with van der Waals surface area (Å²) in [7, 11) is 1.38. The minimum Gasteiger partial charge on any atom is -0.494 e. The SMILES string of the molecule is CCOc1cc(N)cc(NC(C(=O)OC)C(C)C)c1. The van der Waals surface area contributed by atoms with Crippen molar-refractivity contribution in [2.24, 2.45) is 5.92 Å². The van der Waals surface area contributed by atoms with Crippen LogP contribution in [0.2, 0.25) is 0 Å². The maximum Gasteiger partial charge on any atom is 0.328 e. The Morgan fingerprint density at radius 3 is 2.58 bits per heavy atom. The lowest BCUT2D eigenvalue weighted by atomic mass is 10.0. The van der Waals surface area contributed by atoms with Gasteiger partial charge in [-0.15, -0.1) is 0 Å². The van der Waals surface area contributed by atoms with E-state index in [4.69, 9.17) is 15.2 Å². The molecule has 0 aliphatic carbocycles. The summed E-state index contributed by atoms with van der Waals surface area (Å²) in [5, 5.41) is 3.13. The van der Waals surface area contributed by atoms with E-state index in [9.17, 15) is 4.79 Å². The summed E-state index contributed by atoms with van der Waals surface area (Å²) in [6, 6.07) is 4.91. The van der Waals surface area contributed by atoms with Crippen LogP contribution in [0, 0.1) is 5.92 Å². The van der Waals surface area contributed by atoms with Crippen LogP contribution < -0.4 is 15.8 Å². The molecule has 3 N–H and O–H groups in total. The molecule has 0 fully saturated rings. The number of nitrogen functional groups attached to an aromatic ring is 1. The van der Waals surface area contributed by atoms with Crippen molar-refractivity contribution in [1.82, 2.24) is 0 Å². The molecule has 0 spiro atoms. The van der Waals surface area contributed by atoms with Crippen molar-refractivity contribution in [2.75, 3.05) is 24.8 Å². The van der Waals surface area contributed by atoms with Crippen molar-refractivity contribution >= 4 is 17.3 Å². The number of esters is 1. The van der Waals surface area contributed by atoms with Crippen molar-refractivity contribution < 1.29 is 14.3 Å². The van der Waals surface area contributed by atoms with Crippen LogP contribution >= 0.6 is 0 Å². The number of hydrogen-bond acceptors (Lipinski definition) is 5. The third-order valence-corrected chi connectivity index (χ3v) is 2.68. The lowest BCUT2D eigenvalue weighted by Gasteiger charge is -2.21. The molecule has 0 saturated carbocycles. The molecule has 1 aromatic carbocycles. The number of carbonyl (C=O) groups is 1. The van der Waals surface area contributed by atoms with Gasteiger partial charge in [-0.05, 0) is 18.9 Å². The fraction of sp³-hybridized carbons (Fsp3) is 0.500. The minimum absolute atomic E-state index is 0.101. The topological polar surface area (TPSA) is 73.6 Å². The third kappa shape index (κ3) is 4.35. The van der Waals surface area contributed by atoms with Crippen LogP contribution in [0.15, 0.2) is 18.2 Å². The summed E-state index contributed by atoms with van der Waals surface area (Å²) in [5.41, 5.74) is 7.14. The molecule has 0 aliphatic rings. The van der Waals surface area contributed by atoms with Gasteiger partial charge in [-0.25, -0.2) is 4.79 Å². The smallest absolute Gasteiger partial charge is 0.328 e. The van der Waals surface area contributed by atoms with E-state index in [1.54, 1.807) is 12.1 Å². The molecule has 0 saturated heterocycles. The van der Waals surface area contributed by atoms with Crippen LogP contribution in [-0.4, -0.2) is 25.7 Å². The maximum atomic E-state index is 11.7. The van der Waals surface area contributed by atoms with E-state index in [-0.39, 0.29) is 11.9 Å². The van der Waals surface area contributed by atoms with E-state index in [1.807, 2.05) is 26.8 Å². The molecule has 1 rings (SSSR count). The van der Waals surface area contributed by atoms with Gasteiger partial charge >= 0.3 is 5.97 Å². The number of rotatable bonds is 6. The summed E-state index contributed by atoms with van der Waals surface area (Å²) in [4.78, 5) is 11.7. The Morgan fingerprint density at radius 2 is 2.05 bits per heavy atom. The molecular weight excluding hydrogens is 244 g/mol. The first-order valence-corrected chi connectivity index (χ1v) is 6.35. The highest BCUT2D eigenvalue weighted by Crippen LogP contribution is 2.24.